The molecule has 0 radical (unpaired) electrons. The second kappa shape index (κ2) is 5.29. The van der Waals surface area contributed by atoms with Crippen molar-refractivity contribution < 1.29 is 37.7 Å². The molecular formula is C26H40Li2Si4. The molecule has 0 spiro atoms. The van der Waals surface area contributed by atoms with Gasteiger partial charge in [-0.05, 0) is 0 Å². The van der Waals surface area contributed by atoms with Crippen molar-refractivity contribution in [3.05, 3.63) is 47.2 Å². The monoisotopic (exact) mass is 478 g/mol. The molecule has 0 aromatic heterocycles. The third-order valence-corrected chi connectivity index (χ3v) is 24.9. The summed E-state index contributed by atoms with van der Waals surface area (Å²) >= 11 is 0. The SMILES string of the molecule is C[Si](C)(C)C12[C-]3C1(c1ccc(C45[C-]6C4([Si](C)(C)C)C65[Si](C)(C)C)cc1)C32[Si](C)(C)C.[Li+].[Li+]. The quantitative estimate of drug-likeness (QED) is 0.431. The molecule has 0 aliphatic heterocycles. The van der Waals surface area contributed by atoms with Crippen LogP contribution in [0.5, 0.6) is 0 Å². The van der Waals surface area contributed by atoms with E-state index < -0.39 is 32.3 Å². The van der Waals surface area contributed by atoms with Gasteiger partial charge in [-0.1, -0.05) is 114 Å². The summed E-state index contributed by atoms with van der Waals surface area (Å²) in [6.45, 7) is 31.7. The second-order valence-electron chi connectivity index (χ2n) is 15.8. The van der Waals surface area contributed by atoms with E-state index in [1.54, 1.807) is 11.1 Å². The van der Waals surface area contributed by atoms with E-state index in [1.807, 2.05) is 11.8 Å². The Balaban J connectivity index is 0.00000108. The molecule has 0 heterocycles. The van der Waals surface area contributed by atoms with Crippen LogP contribution in [0.15, 0.2) is 24.3 Å². The van der Waals surface area contributed by atoms with E-state index >= 15 is 0 Å². The zero-order chi connectivity index (χ0) is 22.1. The van der Waals surface area contributed by atoms with Crippen LogP contribution in [-0.2, 0) is 10.8 Å². The molecule has 0 bridgehead atoms. The van der Waals surface area contributed by atoms with E-state index in [1.165, 1.54) is 0 Å². The Hall–Kier alpha value is 1.28. The van der Waals surface area contributed by atoms with Crippen LogP contribution in [0.1, 0.15) is 11.1 Å². The fourth-order valence-electron chi connectivity index (χ4n) is 11.3. The van der Waals surface area contributed by atoms with Crippen molar-refractivity contribution in [2.45, 2.75) is 110 Å². The molecule has 0 N–H and O–H groups in total. The molecule has 8 fully saturated rings. The summed E-state index contributed by atoms with van der Waals surface area (Å²) in [4.78, 5) is 0. The van der Waals surface area contributed by atoms with Gasteiger partial charge >= 0.3 is 37.7 Å². The Morgan fingerprint density at radius 2 is 0.625 bits per heavy atom. The maximum absolute atomic E-state index is 2.64. The topological polar surface area (TPSA) is 0 Å². The van der Waals surface area contributed by atoms with Gasteiger partial charge in [0.15, 0.2) is 0 Å². The van der Waals surface area contributed by atoms with Crippen LogP contribution in [0.25, 0.3) is 0 Å². The van der Waals surface area contributed by atoms with Crippen LogP contribution in [0.3, 0.4) is 0 Å². The fraction of sp³-hybridized carbons (Fsp3) is 0.692. The molecule has 4 unspecified atom stereocenters. The number of hydrogen-bond donors (Lipinski definition) is 0. The zero-order valence-electron chi connectivity index (χ0n) is 23.3. The number of rotatable bonds is 6. The average molecular weight is 479 g/mol. The summed E-state index contributed by atoms with van der Waals surface area (Å²) in [5.74, 6) is 4.05. The maximum atomic E-state index is 2.64. The van der Waals surface area contributed by atoms with Crippen LogP contribution in [0.4, 0.5) is 0 Å². The minimum absolute atomic E-state index is 0. The molecule has 0 nitrogen and oxygen atoms in total. The molecule has 4 atom stereocenters. The van der Waals surface area contributed by atoms with Crippen molar-refractivity contribution in [2.24, 2.45) is 0 Å². The van der Waals surface area contributed by atoms with Crippen LogP contribution < -0.4 is 37.7 Å². The zero-order valence-corrected chi connectivity index (χ0v) is 27.3. The van der Waals surface area contributed by atoms with Crippen LogP contribution >= 0.6 is 0 Å². The van der Waals surface area contributed by atoms with Gasteiger partial charge in [-0.15, -0.1) is 0 Å². The summed E-state index contributed by atoms with van der Waals surface area (Å²) in [5, 5.41) is 2.83. The molecule has 32 heavy (non-hydrogen) atoms. The number of benzene rings is 1. The normalized spacial score (nSPS) is 48.6. The van der Waals surface area contributed by atoms with Crippen molar-refractivity contribution in [1.29, 1.82) is 0 Å². The molecule has 1 aromatic rings. The van der Waals surface area contributed by atoms with Crippen molar-refractivity contribution in [2.75, 3.05) is 0 Å². The molecule has 9 rings (SSSR count). The third kappa shape index (κ3) is 1.61. The fourth-order valence-corrected chi connectivity index (χ4v) is 32.1. The second-order valence-corrected chi connectivity index (χ2v) is 36.8. The van der Waals surface area contributed by atoms with E-state index in [9.17, 15) is 0 Å². The van der Waals surface area contributed by atoms with Gasteiger partial charge in [-0.2, -0.15) is 10.8 Å². The van der Waals surface area contributed by atoms with E-state index in [0.717, 1.165) is 0 Å². The van der Waals surface area contributed by atoms with Crippen LogP contribution in [-0.4, -0.2) is 32.3 Å². The third-order valence-electron chi connectivity index (χ3n) is 11.4. The van der Waals surface area contributed by atoms with Crippen molar-refractivity contribution in [3.63, 3.8) is 0 Å². The first-order chi connectivity index (χ1) is 13.4. The van der Waals surface area contributed by atoms with Gasteiger partial charge in [0.05, 0.1) is 0 Å². The smallest absolute Gasteiger partial charge is 0.309 e. The first kappa shape index (κ1) is 25.0. The summed E-state index contributed by atoms with van der Waals surface area (Å²) in [6.07, 6.45) is 0. The molecule has 8 aliphatic rings. The van der Waals surface area contributed by atoms with Gasteiger partial charge in [0.25, 0.3) is 0 Å². The largest absolute Gasteiger partial charge is 1.00 e. The molecule has 0 saturated heterocycles. The molecule has 0 amide bonds. The minimum Gasteiger partial charge on any atom is -0.309 e. The van der Waals surface area contributed by atoms with Crippen molar-refractivity contribution in [1.82, 2.24) is 0 Å². The summed E-state index contributed by atoms with van der Waals surface area (Å²) in [5.41, 5.74) is 4.55. The van der Waals surface area contributed by atoms with E-state index in [-0.39, 0.29) is 37.7 Å². The first-order valence-electron chi connectivity index (χ1n) is 12.3. The van der Waals surface area contributed by atoms with Crippen LogP contribution in [0.2, 0.25) is 98.7 Å². The summed E-state index contributed by atoms with van der Waals surface area (Å²) in [7, 11) is -4.67. The minimum atomic E-state index is -1.17. The summed E-state index contributed by atoms with van der Waals surface area (Å²) in [6, 6.07) is 10.5. The van der Waals surface area contributed by atoms with Crippen molar-refractivity contribution >= 4 is 32.3 Å². The Labute approximate surface area is 225 Å². The molecule has 162 valence electrons. The predicted octanol–water partition coefficient (Wildman–Crippen LogP) is 1.72. The van der Waals surface area contributed by atoms with Gasteiger partial charge in [-0.25, -0.2) is 20.2 Å². The molecule has 8 saturated carbocycles. The summed E-state index contributed by atoms with van der Waals surface area (Å²) < 4.78 is 0. The molecular weight excluding hydrogens is 439 g/mol. The Morgan fingerprint density at radius 3 is 0.750 bits per heavy atom. The van der Waals surface area contributed by atoms with Gasteiger partial charge in [0, 0.05) is 32.3 Å². The van der Waals surface area contributed by atoms with Gasteiger partial charge in [0.2, 0.25) is 0 Å². The Kier molecular flexibility index (Phi) is 4.12. The Bertz CT molecular complexity index is 942. The standard InChI is InChI=1S/C26H40Si4.2Li/c1-27(2,3)23-19-21(23,24(19,23)28(4,5)6)17-13-15-18(16-14-17)22-20-25(22,29(7,8)9)26(20,22)30(10,11)12;;/h13-16H,1-12H3;;/q-2;2*+1. The first-order valence-corrected chi connectivity index (χ1v) is 26.3. The van der Waals surface area contributed by atoms with Crippen LogP contribution in [0, 0.1) is 11.8 Å². The Morgan fingerprint density at radius 1 is 0.438 bits per heavy atom. The van der Waals surface area contributed by atoms with Crippen molar-refractivity contribution in [3.8, 4) is 0 Å². The molecule has 1 aromatic carbocycles. The van der Waals surface area contributed by atoms with Gasteiger partial charge < -0.3 is 11.8 Å². The maximum Gasteiger partial charge on any atom is 1.00 e. The van der Waals surface area contributed by atoms with Gasteiger partial charge in [0.1, 0.15) is 0 Å². The van der Waals surface area contributed by atoms with E-state index in [0.29, 0.717) is 31.0 Å². The van der Waals surface area contributed by atoms with E-state index in [4.69, 9.17) is 0 Å². The number of hydrogen-bond acceptors (Lipinski definition) is 0. The molecule has 8 aliphatic carbocycles. The average Bonchev–Trinajstić information content (AvgIpc) is 3.31. The predicted molar refractivity (Wildman–Crippen MR) is 140 cm³/mol. The van der Waals surface area contributed by atoms with E-state index in [2.05, 4.69) is 103 Å². The van der Waals surface area contributed by atoms with Gasteiger partial charge in [-0.3, -0.25) is 0 Å². The molecule has 6 heteroatoms.